The summed E-state index contributed by atoms with van der Waals surface area (Å²) in [5.74, 6) is 1.40. The van der Waals surface area contributed by atoms with E-state index < -0.39 is 0 Å². The van der Waals surface area contributed by atoms with Gasteiger partial charge in [-0.25, -0.2) is 0 Å². The van der Waals surface area contributed by atoms with Crippen molar-refractivity contribution in [1.29, 1.82) is 0 Å². The van der Waals surface area contributed by atoms with Gasteiger partial charge in [-0.05, 0) is 38.1 Å². The normalized spacial score (nSPS) is 26.8. The van der Waals surface area contributed by atoms with Crippen LogP contribution in [0.1, 0.15) is 47.5 Å². The summed E-state index contributed by atoms with van der Waals surface area (Å²) < 4.78 is 5.68. The number of piperidine rings is 1. The number of rotatable bonds is 8. The molecule has 1 aliphatic rings. The minimum Gasteiger partial charge on any atom is -0.380 e. The molecule has 1 heterocycles. The van der Waals surface area contributed by atoms with Crippen LogP contribution in [0.3, 0.4) is 0 Å². The molecule has 1 rings (SSSR count). The Hall–Kier alpha value is -0.120. The molecule has 3 heteroatoms. The molecule has 3 unspecified atom stereocenters. The Labute approximate surface area is 120 Å². The molecule has 0 aliphatic carbocycles. The predicted octanol–water partition coefficient (Wildman–Crippen LogP) is 2.76. The fourth-order valence-electron chi connectivity index (χ4n) is 3.07. The lowest BCUT2D eigenvalue weighted by atomic mass is 9.91. The number of nitrogens with zero attached hydrogens (tertiary/aromatic N) is 1. The molecule has 0 radical (unpaired) electrons. The molecule has 1 N–H and O–H groups in total. The lowest BCUT2D eigenvalue weighted by molar-refractivity contribution is 0.0167. The Morgan fingerprint density at radius 3 is 2.58 bits per heavy atom. The monoisotopic (exact) mass is 270 g/mol. The predicted molar refractivity (Wildman–Crippen MR) is 82.6 cm³/mol. The van der Waals surface area contributed by atoms with Crippen molar-refractivity contribution in [3.05, 3.63) is 0 Å². The molecule has 3 nitrogen and oxygen atoms in total. The van der Waals surface area contributed by atoms with Gasteiger partial charge in [0.15, 0.2) is 0 Å². The zero-order chi connectivity index (χ0) is 14.3. The van der Waals surface area contributed by atoms with Gasteiger partial charge in [-0.3, -0.25) is 4.90 Å². The first-order valence-corrected chi connectivity index (χ1v) is 8.15. The van der Waals surface area contributed by atoms with E-state index in [1.165, 1.54) is 25.9 Å². The van der Waals surface area contributed by atoms with E-state index in [9.17, 15) is 0 Å². The summed E-state index contributed by atoms with van der Waals surface area (Å²) in [6.07, 6.45) is 2.50. The second kappa shape index (κ2) is 8.93. The Morgan fingerprint density at radius 1 is 1.32 bits per heavy atom. The minimum atomic E-state index is 0.578. The maximum Gasteiger partial charge on any atom is 0.0624 e. The van der Waals surface area contributed by atoms with Crippen molar-refractivity contribution in [2.45, 2.75) is 59.5 Å². The van der Waals surface area contributed by atoms with E-state index in [1.807, 2.05) is 0 Å². The summed E-state index contributed by atoms with van der Waals surface area (Å²) in [6.45, 7) is 16.6. The number of likely N-dealkylation sites (tertiary alicyclic amines) is 1. The molecular formula is C16H34N2O. The van der Waals surface area contributed by atoms with Crippen LogP contribution >= 0.6 is 0 Å². The summed E-state index contributed by atoms with van der Waals surface area (Å²) in [6, 6.07) is 1.28. The van der Waals surface area contributed by atoms with E-state index >= 15 is 0 Å². The van der Waals surface area contributed by atoms with Gasteiger partial charge in [0, 0.05) is 31.8 Å². The smallest absolute Gasteiger partial charge is 0.0624 e. The van der Waals surface area contributed by atoms with Gasteiger partial charge in [0.05, 0.1) is 6.61 Å². The van der Waals surface area contributed by atoms with Gasteiger partial charge in [0.1, 0.15) is 0 Å². The minimum absolute atomic E-state index is 0.578. The highest BCUT2D eigenvalue weighted by Gasteiger charge is 2.30. The van der Waals surface area contributed by atoms with Gasteiger partial charge in [-0.2, -0.15) is 0 Å². The third-order valence-corrected chi connectivity index (χ3v) is 4.32. The zero-order valence-corrected chi connectivity index (χ0v) is 13.6. The van der Waals surface area contributed by atoms with Crippen molar-refractivity contribution < 1.29 is 4.74 Å². The highest BCUT2D eigenvalue weighted by atomic mass is 16.5. The molecule has 0 spiro atoms. The topological polar surface area (TPSA) is 24.5 Å². The number of nitrogens with one attached hydrogen (secondary N) is 1. The van der Waals surface area contributed by atoms with E-state index in [0.29, 0.717) is 18.0 Å². The SMILES string of the molecule is CCCNC1CCN(C(COCC)C(C)C)CC1C. The van der Waals surface area contributed by atoms with Crippen molar-refractivity contribution >= 4 is 0 Å². The quantitative estimate of drug-likeness (QED) is 0.734. The van der Waals surface area contributed by atoms with Crippen LogP contribution in [-0.4, -0.2) is 49.8 Å². The van der Waals surface area contributed by atoms with Crippen molar-refractivity contribution in [3.8, 4) is 0 Å². The molecule has 1 fully saturated rings. The molecule has 0 aromatic carbocycles. The molecule has 19 heavy (non-hydrogen) atoms. The van der Waals surface area contributed by atoms with Crippen LogP contribution in [0.4, 0.5) is 0 Å². The average Bonchev–Trinajstić information content (AvgIpc) is 2.38. The van der Waals surface area contributed by atoms with Crippen LogP contribution in [0.2, 0.25) is 0 Å². The maximum atomic E-state index is 5.68. The first-order chi connectivity index (χ1) is 9.10. The summed E-state index contributed by atoms with van der Waals surface area (Å²) >= 11 is 0. The Morgan fingerprint density at radius 2 is 2.05 bits per heavy atom. The lowest BCUT2D eigenvalue weighted by Gasteiger charge is -2.42. The third kappa shape index (κ3) is 5.41. The van der Waals surface area contributed by atoms with E-state index in [0.717, 1.165) is 25.7 Å². The summed E-state index contributed by atoms with van der Waals surface area (Å²) in [5.41, 5.74) is 0. The highest BCUT2D eigenvalue weighted by Crippen LogP contribution is 2.22. The standard InChI is InChI=1S/C16H34N2O/c1-6-9-17-15-8-10-18(11-14(15)5)16(13(3)4)12-19-7-2/h13-17H,6-12H2,1-5H3. The van der Waals surface area contributed by atoms with E-state index in [4.69, 9.17) is 4.74 Å². The molecule has 1 aliphatic heterocycles. The fraction of sp³-hybridized carbons (Fsp3) is 1.00. The number of hydrogen-bond donors (Lipinski definition) is 1. The van der Waals surface area contributed by atoms with Crippen molar-refractivity contribution in [3.63, 3.8) is 0 Å². The third-order valence-electron chi connectivity index (χ3n) is 4.32. The van der Waals surface area contributed by atoms with Crippen molar-refractivity contribution in [2.24, 2.45) is 11.8 Å². The summed E-state index contributed by atoms with van der Waals surface area (Å²) in [5, 5.41) is 3.69. The Kier molecular flexibility index (Phi) is 7.96. The Balaban J connectivity index is 2.47. The lowest BCUT2D eigenvalue weighted by Crippen LogP contribution is -2.53. The van der Waals surface area contributed by atoms with Crippen LogP contribution in [0.5, 0.6) is 0 Å². The number of hydrogen-bond acceptors (Lipinski definition) is 3. The average molecular weight is 270 g/mol. The molecule has 0 bridgehead atoms. The molecule has 0 aromatic rings. The van der Waals surface area contributed by atoms with E-state index in [1.54, 1.807) is 0 Å². The molecule has 0 aromatic heterocycles. The Bertz CT molecular complexity index is 233. The molecule has 0 saturated carbocycles. The van der Waals surface area contributed by atoms with Crippen LogP contribution in [0.25, 0.3) is 0 Å². The highest BCUT2D eigenvalue weighted by molar-refractivity contribution is 4.87. The van der Waals surface area contributed by atoms with Crippen molar-refractivity contribution in [1.82, 2.24) is 10.2 Å². The maximum absolute atomic E-state index is 5.68. The van der Waals surface area contributed by atoms with Gasteiger partial charge in [0.25, 0.3) is 0 Å². The van der Waals surface area contributed by atoms with Gasteiger partial charge < -0.3 is 10.1 Å². The van der Waals surface area contributed by atoms with Crippen LogP contribution in [0, 0.1) is 11.8 Å². The molecule has 0 amide bonds. The molecular weight excluding hydrogens is 236 g/mol. The second-order valence-electron chi connectivity index (χ2n) is 6.29. The summed E-state index contributed by atoms with van der Waals surface area (Å²) in [7, 11) is 0. The molecule has 114 valence electrons. The van der Waals surface area contributed by atoms with Gasteiger partial charge in [-0.1, -0.05) is 27.7 Å². The van der Waals surface area contributed by atoms with Gasteiger partial charge >= 0.3 is 0 Å². The van der Waals surface area contributed by atoms with E-state index in [-0.39, 0.29) is 0 Å². The van der Waals surface area contributed by atoms with Gasteiger partial charge in [0.2, 0.25) is 0 Å². The fourth-order valence-corrected chi connectivity index (χ4v) is 3.07. The zero-order valence-electron chi connectivity index (χ0n) is 13.6. The summed E-state index contributed by atoms with van der Waals surface area (Å²) in [4.78, 5) is 2.65. The number of ether oxygens (including phenoxy) is 1. The van der Waals surface area contributed by atoms with E-state index in [2.05, 4.69) is 44.8 Å². The van der Waals surface area contributed by atoms with Crippen LogP contribution in [0.15, 0.2) is 0 Å². The van der Waals surface area contributed by atoms with Gasteiger partial charge in [-0.15, -0.1) is 0 Å². The molecule has 1 saturated heterocycles. The van der Waals surface area contributed by atoms with Crippen LogP contribution < -0.4 is 5.32 Å². The first kappa shape index (κ1) is 16.9. The van der Waals surface area contributed by atoms with Crippen molar-refractivity contribution in [2.75, 3.05) is 32.8 Å². The van der Waals surface area contributed by atoms with Crippen LogP contribution in [-0.2, 0) is 4.74 Å². The molecule has 3 atom stereocenters. The first-order valence-electron chi connectivity index (χ1n) is 8.15. The second-order valence-corrected chi connectivity index (χ2v) is 6.29. The largest absolute Gasteiger partial charge is 0.380 e.